The molecular formula is C26H43N8O3P. The Morgan fingerprint density at radius 3 is 2.47 bits per heavy atom. The highest BCUT2D eigenvalue weighted by atomic mass is 31.0. The van der Waals surface area contributed by atoms with Gasteiger partial charge in [-0.3, -0.25) is 14.4 Å². The molecule has 1 aliphatic carbocycles. The maximum Gasteiger partial charge on any atom is 0.242 e. The van der Waals surface area contributed by atoms with Crippen LogP contribution in [0.3, 0.4) is 0 Å². The lowest BCUT2D eigenvalue weighted by Gasteiger charge is -2.20. The Hall–Kier alpha value is -3.30. The Morgan fingerprint density at radius 2 is 1.89 bits per heavy atom. The molecule has 1 aliphatic rings. The fraction of sp³-hybridized carbons (Fsp3) is 0.500. The van der Waals surface area contributed by atoms with Gasteiger partial charge in [0.1, 0.15) is 6.54 Å². The van der Waals surface area contributed by atoms with Gasteiger partial charge in [0.05, 0.1) is 36.9 Å². The lowest BCUT2D eigenvalue weighted by atomic mass is 10.1. The molecule has 3 heterocycles. The highest BCUT2D eigenvalue weighted by molar-refractivity contribution is 7.15. The van der Waals surface area contributed by atoms with E-state index in [9.17, 15) is 9.59 Å². The summed E-state index contributed by atoms with van der Waals surface area (Å²) in [4.78, 5) is 38.8. The summed E-state index contributed by atoms with van der Waals surface area (Å²) in [5.41, 5.74) is 6.74. The number of likely N-dealkylation sites (N-methyl/N-ethyl adjacent to an activating group) is 1. The van der Waals surface area contributed by atoms with E-state index in [1.54, 1.807) is 20.3 Å². The van der Waals surface area contributed by atoms with Crippen LogP contribution in [0.5, 0.6) is 0 Å². The number of pyridine rings is 1. The third-order valence-electron chi connectivity index (χ3n) is 5.58. The summed E-state index contributed by atoms with van der Waals surface area (Å²) in [5.74, 6) is 0.823. The zero-order chi connectivity index (χ0) is 27.5. The number of nitrogens with one attached hydrogen (secondary N) is 1. The van der Waals surface area contributed by atoms with Gasteiger partial charge in [0.25, 0.3) is 0 Å². The number of anilines is 3. The number of hydrogen-bond donors (Lipinski definition) is 1. The Labute approximate surface area is 228 Å². The van der Waals surface area contributed by atoms with Crippen LogP contribution in [0.25, 0.3) is 5.65 Å². The standard InChI is InChI=1S/C22H28N8O3.C2H6.CH5P.CH4/c1-27(2)21(32)13-30(14-31)19-7-16(15-5-6-15)10-29-12-17(24-22(19)29)11-28(3)18-8-20(26-33-4)25-23-9-18;2*1-2;/h7-10,12,14-15H,5-6,11,13H2,1-4H3,(H,25,26);1-2H3;2H2,1H3;1H4. The van der Waals surface area contributed by atoms with Crippen LogP contribution in [0.4, 0.5) is 17.2 Å². The molecule has 1 atom stereocenters. The van der Waals surface area contributed by atoms with E-state index < -0.39 is 0 Å². The first-order valence-corrected chi connectivity index (χ1v) is 13.4. The Kier molecular flexibility index (Phi) is 13.6. The molecule has 1 fully saturated rings. The van der Waals surface area contributed by atoms with Crippen LogP contribution in [0, 0.1) is 0 Å². The molecule has 0 spiro atoms. The van der Waals surface area contributed by atoms with Crippen LogP contribution in [0.2, 0.25) is 0 Å². The van der Waals surface area contributed by atoms with Crippen molar-refractivity contribution >= 4 is 44.4 Å². The number of fused-ring (bicyclic) bond motifs is 1. The van der Waals surface area contributed by atoms with E-state index in [1.165, 1.54) is 16.9 Å². The maximum absolute atomic E-state index is 12.3. The molecular weight excluding hydrogens is 503 g/mol. The minimum absolute atomic E-state index is 0. The molecule has 0 aliphatic heterocycles. The molecule has 11 nitrogen and oxygen atoms in total. The molecule has 0 aromatic carbocycles. The third-order valence-corrected chi connectivity index (χ3v) is 5.58. The summed E-state index contributed by atoms with van der Waals surface area (Å²) < 4.78 is 1.95. The number of hydrogen-bond acceptors (Lipinski definition) is 8. The van der Waals surface area contributed by atoms with Crippen LogP contribution in [-0.4, -0.2) is 78.3 Å². The van der Waals surface area contributed by atoms with Crippen LogP contribution < -0.4 is 15.3 Å². The number of carbonyl (C=O) groups is 2. The zero-order valence-electron chi connectivity index (χ0n) is 22.8. The van der Waals surface area contributed by atoms with E-state index in [1.807, 2.05) is 55.2 Å². The minimum Gasteiger partial charge on any atom is -0.367 e. The summed E-state index contributed by atoms with van der Waals surface area (Å²) in [5, 5.41) is 7.96. The summed E-state index contributed by atoms with van der Waals surface area (Å²) >= 11 is 0. The molecule has 2 amide bonds. The van der Waals surface area contributed by atoms with Crippen molar-refractivity contribution < 1.29 is 14.4 Å². The number of nitrogens with zero attached hydrogens (tertiary/aromatic N) is 7. The van der Waals surface area contributed by atoms with Crippen molar-refractivity contribution in [1.29, 1.82) is 0 Å². The van der Waals surface area contributed by atoms with Gasteiger partial charge >= 0.3 is 0 Å². The summed E-state index contributed by atoms with van der Waals surface area (Å²) in [7, 11) is 9.21. The van der Waals surface area contributed by atoms with Gasteiger partial charge in [-0.2, -0.15) is 5.10 Å². The van der Waals surface area contributed by atoms with Crippen molar-refractivity contribution in [2.75, 3.05) is 56.7 Å². The first kappa shape index (κ1) is 32.7. The van der Waals surface area contributed by atoms with Crippen LogP contribution in [0.15, 0.2) is 30.7 Å². The molecule has 4 rings (SSSR count). The molecule has 0 saturated heterocycles. The molecule has 1 unspecified atom stereocenters. The number of rotatable bonds is 10. The van der Waals surface area contributed by atoms with Gasteiger partial charge in [0, 0.05) is 39.6 Å². The minimum atomic E-state index is -0.158. The number of amides is 2. The summed E-state index contributed by atoms with van der Waals surface area (Å²) in [6.45, 7) is 6.38. The molecule has 1 saturated carbocycles. The van der Waals surface area contributed by atoms with E-state index >= 15 is 0 Å². The Bertz CT molecular complexity index is 1170. The molecule has 1 N–H and O–H groups in total. The second-order valence-corrected chi connectivity index (χ2v) is 8.38. The SMILES string of the molecule is C.CC.CONc1cc(N(C)Cc2cn3cc(C4CC4)cc(N(C=O)CC(=O)N(C)C)c3n2)cnn1.CP. The first-order chi connectivity index (χ1) is 17.9. The zero-order valence-corrected chi connectivity index (χ0v) is 24.0. The van der Waals surface area contributed by atoms with Gasteiger partial charge in [-0.25, -0.2) is 10.5 Å². The maximum atomic E-state index is 12.3. The van der Waals surface area contributed by atoms with Gasteiger partial charge in [-0.15, -0.1) is 14.3 Å². The third kappa shape index (κ3) is 8.36. The van der Waals surface area contributed by atoms with E-state index in [-0.39, 0.29) is 19.9 Å². The second kappa shape index (κ2) is 15.8. The molecule has 210 valence electrons. The van der Waals surface area contributed by atoms with Crippen LogP contribution in [-0.2, 0) is 21.0 Å². The highest BCUT2D eigenvalue weighted by Crippen LogP contribution is 2.41. The summed E-state index contributed by atoms with van der Waals surface area (Å²) in [6, 6.07) is 3.81. The fourth-order valence-electron chi connectivity index (χ4n) is 3.60. The fourth-order valence-corrected chi connectivity index (χ4v) is 3.60. The van der Waals surface area contributed by atoms with Crippen LogP contribution in [0.1, 0.15) is 51.3 Å². The van der Waals surface area contributed by atoms with E-state index in [2.05, 4.69) is 31.1 Å². The number of carbonyl (C=O) groups excluding carboxylic acids is 2. The number of imidazole rings is 1. The Balaban J connectivity index is 0.00000138. The van der Waals surface area contributed by atoms with E-state index in [0.717, 1.165) is 29.8 Å². The van der Waals surface area contributed by atoms with Crippen molar-refractivity contribution in [3.63, 3.8) is 0 Å². The van der Waals surface area contributed by atoms with Gasteiger partial charge < -0.3 is 19.1 Å². The predicted molar refractivity (Wildman–Crippen MR) is 158 cm³/mol. The van der Waals surface area contributed by atoms with Crippen molar-refractivity contribution in [1.82, 2.24) is 24.5 Å². The topological polar surface area (TPSA) is 108 Å². The van der Waals surface area contributed by atoms with Gasteiger partial charge in [0.15, 0.2) is 11.5 Å². The average Bonchev–Trinajstić information content (AvgIpc) is 3.69. The molecule has 0 bridgehead atoms. The van der Waals surface area contributed by atoms with Crippen molar-refractivity contribution in [3.8, 4) is 0 Å². The van der Waals surface area contributed by atoms with Gasteiger partial charge in [-0.1, -0.05) is 27.9 Å². The highest BCUT2D eigenvalue weighted by Gasteiger charge is 2.27. The van der Waals surface area contributed by atoms with Gasteiger partial charge in [-0.05, 0) is 30.4 Å². The Morgan fingerprint density at radius 1 is 1.21 bits per heavy atom. The van der Waals surface area contributed by atoms with E-state index in [4.69, 9.17) is 9.82 Å². The lowest BCUT2D eigenvalue weighted by molar-refractivity contribution is -0.128. The van der Waals surface area contributed by atoms with Crippen molar-refractivity contribution in [3.05, 3.63) is 42.0 Å². The molecule has 38 heavy (non-hydrogen) atoms. The smallest absolute Gasteiger partial charge is 0.242 e. The first-order valence-electron chi connectivity index (χ1n) is 12.2. The van der Waals surface area contributed by atoms with Crippen molar-refractivity contribution in [2.24, 2.45) is 0 Å². The number of aromatic nitrogens is 4. The van der Waals surface area contributed by atoms with E-state index in [0.29, 0.717) is 36.0 Å². The second-order valence-electron chi connectivity index (χ2n) is 8.38. The molecule has 0 radical (unpaired) electrons. The average molecular weight is 547 g/mol. The normalized spacial score (nSPS) is 11.7. The lowest BCUT2D eigenvalue weighted by Crippen LogP contribution is -2.36. The van der Waals surface area contributed by atoms with Gasteiger partial charge in [0.2, 0.25) is 12.3 Å². The summed E-state index contributed by atoms with van der Waals surface area (Å²) in [6.07, 6.45) is 8.63. The van der Waals surface area contributed by atoms with Crippen molar-refractivity contribution in [2.45, 2.75) is 46.6 Å². The molecule has 3 aromatic heterocycles. The quantitative estimate of drug-likeness (QED) is 0.232. The molecule has 3 aromatic rings. The predicted octanol–water partition coefficient (Wildman–Crippen LogP) is 3.82. The monoisotopic (exact) mass is 546 g/mol. The van der Waals surface area contributed by atoms with Crippen LogP contribution >= 0.6 is 9.24 Å². The molecule has 12 heteroatoms. The largest absolute Gasteiger partial charge is 0.367 e.